The molecule has 2 saturated carbocycles. The lowest BCUT2D eigenvalue weighted by Gasteiger charge is -2.58. The Kier molecular flexibility index (Phi) is 5.38. The largest absolute Gasteiger partial charge is 0.427 e. The second-order valence-corrected chi connectivity index (χ2v) is 14.8. The van der Waals surface area contributed by atoms with E-state index < -0.39 is 8.32 Å². The standard InChI is InChI=1S/C24H35NO4Si/c1-16(26)28-18-8-9-19-17(15-18)7-10-21-20(19)11-13-23(2)22(25-27-3)12-14-24(21,23)29-30(4,5)6/h8-9,15,20-21H,7,10-14H2,1-6H3/b25-22+. The van der Waals surface area contributed by atoms with Crippen LogP contribution in [0.5, 0.6) is 5.75 Å². The maximum absolute atomic E-state index is 11.4. The van der Waals surface area contributed by atoms with E-state index in [-0.39, 0.29) is 17.0 Å². The van der Waals surface area contributed by atoms with Crippen LogP contribution in [0.25, 0.3) is 0 Å². The predicted octanol–water partition coefficient (Wildman–Crippen LogP) is 5.44. The van der Waals surface area contributed by atoms with E-state index in [0.29, 0.717) is 17.6 Å². The minimum atomic E-state index is -1.79. The molecule has 0 amide bonds. The third kappa shape index (κ3) is 3.42. The second kappa shape index (κ2) is 7.48. The molecule has 30 heavy (non-hydrogen) atoms. The van der Waals surface area contributed by atoms with E-state index in [9.17, 15) is 4.79 Å². The van der Waals surface area contributed by atoms with E-state index in [4.69, 9.17) is 14.0 Å². The van der Waals surface area contributed by atoms with Crippen molar-refractivity contribution in [1.82, 2.24) is 0 Å². The van der Waals surface area contributed by atoms with Crippen molar-refractivity contribution in [3.8, 4) is 5.75 Å². The van der Waals surface area contributed by atoms with Gasteiger partial charge in [-0.05, 0) is 93.3 Å². The number of fused-ring (bicyclic) bond motifs is 5. The fourth-order valence-electron chi connectivity index (χ4n) is 6.57. The van der Waals surface area contributed by atoms with Gasteiger partial charge in [-0.2, -0.15) is 0 Å². The molecule has 4 unspecified atom stereocenters. The molecule has 0 saturated heterocycles. The van der Waals surface area contributed by atoms with Crippen molar-refractivity contribution in [2.75, 3.05) is 7.11 Å². The molecule has 0 aliphatic heterocycles. The SMILES string of the molecule is CO/N=C1\CCC2(O[Si](C)(C)C)C3CCc4cc(OC(C)=O)ccc4C3CCC12C. The summed E-state index contributed by atoms with van der Waals surface area (Å²) in [4.78, 5) is 16.6. The van der Waals surface area contributed by atoms with Crippen molar-refractivity contribution in [3.05, 3.63) is 29.3 Å². The summed E-state index contributed by atoms with van der Waals surface area (Å²) in [5, 5.41) is 4.48. The molecule has 2 fully saturated rings. The summed E-state index contributed by atoms with van der Waals surface area (Å²) >= 11 is 0. The molecule has 0 radical (unpaired) electrons. The Morgan fingerprint density at radius 1 is 1.17 bits per heavy atom. The molecule has 0 spiro atoms. The van der Waals surface area contributed by atoms with E-state index in [0.717, 1.165) is 38.5 Å². The molecule has 1 aromatic rings. The first-order valence-corrected chi connectivity index (χ1v) is 14.6. The number of ether oxygens (including phenoxy) is 1. The lowest BCUT2D eigenvalue weighted by Crippen LogP contribution is -2.61. The zero-order chi connectivity index (χ0) is 21.7. The van der Waals surface area contributed by atoms with Crippen LogP contribution < -0.4 is 4.74 Å². The summed E-state index contributed by atoms with van der Waals surface area (Å²) in [6.45, 7) is 10.7. The molecular formula is C24H35NO4Si. The van der Waals surface area contributed by atoms with Crippen molar-refractivity contribution in [3.63, 3.8) is 0 Å². The number of oxime groups is 1. The van der Waals surface area contributed by atoms with Crippen molar-refractivity contribution >= 4 is 20.0 Å². The third-order valence-corrected chi connectivity index (χ3v) is 8.51. The molecule has 0 bridgehead atoms. The van der Waals surface area contributed by atoms with Gasteiger partial charge < -0.3 is 14.0 Å². The Morgan fingerprint density at radius 2 is 1.93 bits per heavy atom. The summed E-state index contributed by atoms with van der Waals surface area (Å²) in [6, 6.07) is 6.21. The first-order chi connectivity index (χ1) is 14.1. The fraction of sp³-hybridized carbons (Fsp3) is 0.667. The Hall–Kier alpha value is -1.66. The normalized spacial score (nSPS) is 34.1. The summed E-state index contributed by atoms with van der Waals surface area (Å²) in [7, 11) is -0.136. The van der Waals surface area contributed by atoms with E-state index in [1.54, 1.807) is 7.11 Å². The maximum atomic E-state index is 11.4. The van der Waals surface area contributed by atoms with Crippen molar-refractivity contribution in [1.29, 1.82) is 0 Å². The molecule has 4 rings (SSSR count). The molecule has 3 aliphatic rings. The van der Waals surface area contributed by atoms with Gasteiger partial charge in [-0.3, -0.25) is 4.79 Å². The van der Waals surface area contributed by atoms with Crippen LogP contribution in [0.4, 0.5) is 0 Å². The van der Waals surface area contributed by atoms with Gasteiger partial charge in [0.1, 0.15) is 12.9 Å². The Bertz CT molecular complexity index is 876. The van der Waals surface area contributed by atoms with Crippen LogP contribution in [0.3, 0.4) is 0 Å². The minimum absolute atomic E-state index is 0.0698. The van der Waals surface area contributed by atoms with Crippen LogP contribution in [0, 0.1) is 11.3 Å². The van der Waals surface area contributed by atoms with E-state index in [1.165, 1.54) is 23.8 Å². The third-order valence-electron chi connectivity index (χ3n) is 7.53. The molecule has 4 atom stereocenters. The molecule has 0 N–H and O–H groups in total. The Morgan fingerprint density at radius 3 is 2.60 bits per heavy atom. The van der Waals surface area contributed by atoms with Gasteiger partial charge in [-0.25, -0.2) is 0 Å². The maximum Gasteiger partial charge on any atom is 0.308 e. The highest BCUT2D eigenvalue weighted by Crippen LogP contribution is 2.64. The molecule has 5 nitrogen and oxygen atoms in total. The summed E-state index contributed by atoms with van der Waals surface area (Å²) in [6.07, 6.45) is 6.26. The van der Waals surface area contributed by atoms with Gasteiger partial charge in [0.15, 0.2) is 8.32 Å². The van der Waals surface area contributed by atoms with Crippen molar-refractivity contribution in [2.24, 2.45) is 16.5 Å². The molecule has 0 aromatic heterocycles. The fourth-order valence-corrected chi connectivity index (χ4v) is 8.14. The molecular weight excluding hydrogens is 394 g/mol. The van der Waals surface area contributed by atoms with Crippen LogP contribution in [0.2, 0.25) is 19.6 Å². The first-order valence-electron chi connectivity index (χ1n) is 11.2. The number of esters is 1. The Labute approximate surface area is 181 Å². The van der Waals surface area contributed by atoms with Crippen LogP contribution in [-0.2, 0) is 20.5 Å². The van der Waals surface area contributed by atoms with Gasteiger partial charge in [-0.15, -0.1) is 0 Å². The van der Waals surface area contributed by atoms with E-state index >= 15 is 0 Å². The average Bonchev–Trinajstić information content (AvgIpc) is 2.92. The number of hydrogen-bond donors (Lipinski definition) is 0. The van der Waals surface area contributed by atoms with Crippen molar-refractivity contribution < 1.29 is 18.8 Å². The van der Waals surface area contributed by atoms with E-state index in [2.05, 4.69) is 43.9 Å². The second-order valence-electron chi connectivity index (χ2n) is 10.4. The van der Waals surface area contributed by atoms with Gasteiger partial charge in [0.2, 0.25) is 0 Å². The predicted molar refractivity (Wildman–Crippen MR) is 120 cm³/mol. The van der Waals surface area contributed by atoms with Gasteiger partial charge in [0, 0.05) is 12.3 Å². The molecule has 1 aromatic carbocycles. The summed E-state index contributed by atoms with van der Waals surface area (Å²) < 4.78 is 12.5. The summed E-state index contributed by atoms with van der Waals surface area (Å²) in [5.74, 6) is 1.34. The zero-order valence-electron chi connectivity index (χ0n) is 19.2. The van der Waals surface area contributed by atoms with Gasteiger partial charge in [0.05, 0.1) is 11.3 Å². The van der Waals surface area contributed by atoms with Crippen LogP contribution >= 0.6 is 0 Å². The number of aryl methyl sites for hydroxylation is 1. The highest BCUT2D eigenvalue weighted by atomic mass is 28.4. The molecule has 164 valence electrons. The van der Waals surface area contributed by atoms with Crippen LogP contribution in [0.15, 0.2) is 23.4 Å². The first kappa shape index (κ1) is 21.6. The number of hydrogen-bond acceptors (Lipinski definition) is 5. The van der Waals surface area contributed by atoms with E-state index in [1.807, 2.05) is 6.07 Å². The van der Waals surface area contributed by atoms with Gasteiger partial charge >= 0.3 is 5.97 Å². The van der Waals surface area contributed by atoms with Crippen molar-refractivity contribution in [2.45, 2.75) is 83.5 Å². The van der Waals surface area contributed by atoms with Gasteiger partial charge in [0.25, 0.3) is 0 Å². The number of nitrogens with zero attached hydrogens (tertiary/aromatic N) is 1. The molecule has 6 heteroatoms. The Balaban J connectivity index is 1.75. The average molecular weight is 430 g/mol. The molecule has 3 aliphatic carbocycles. The molecule has 0 heterocycles. The van der Waals surface area contributed by atoms with Crippen LogP contribution in [0.1, 0.15) is 63.0 Å². The van der Waals surface area contributed by atoms with Gasteiger partial charge in [-0.1, -0.05) is 18.1 Å². The monoisotopic (exact) mass is 429 g/mol. The summed E-state index contributed by atoms with van der Waals surface area (Å²) in [5.41, 5.74) is 3.67. The topological polar surface area (TPSA) is 57.1 Å². The lowest BCUT2D eigenvalue weighted by molar-refractivity contribution is -0.131. The number of rotatable bonds is 4. The highest BCUT2D eigenvalue weighted by Gasteiger charge is 2.65. The number of benzene rings is 1. The smallest absolute Gasteiger partial charge is 0.308 e. The quantitative estimate of drug-likeness (QED) is 0.277. The number of carbonyl (C=O) groups is 1. The lowest BCUT2D eigenvalue weighted by atomic mass is 9.53. The number of carbonyl (C=O) groups excluding carboxylic acids is 1. The zero-order valence-corrected chi connectivity index (χ0v) is 20.2. The highest BCUT2D eigenvalue weighted by molar-refractivity contribution is 6.69. The minimum Gasteiger partial charge on any atom is -0.427 e. The van der Waals surface area contributed by atoms with Crippen LogP contribution in [-0.4, -0.2) is 32.7 Å².